The molecular weight excluding hydrogens is 370 g/mol. The van der Waals surface area contributed by atoms with E-state index in [1.165, 1.54) is 7.05 Å². The Morgan fingerprint density at radius 3 is 2.14 bits per heavy atom. The summed E-state index contributed by atoms with van der Waals surface area (Å²) in [5, 5.41) is 10.9. The third-order valence-electron chi connectivity index (χ3n) is 4.74. The SMILES string of the molecule is CNC(=O)Nc1ccc(NC(=O)[C@H]2CCCN(C(=O)Nc3ccccc3)C2)cc1. The quantitative estimate of drug-likeness (QED) is 0.638. The van der Waals surface area contributed by atoms with Gasteiger partial charge >= 0.3 is 12.1 Å². The molecule has 8 heteroatoms. The molecule has 0 aromatic heterocycles. The van der Waals surface area contributed by atoms with Crippen LogP contribution in [0.2, 0.25) is 0 Å². The zero-order valence-electron chi connectivity index (χ0n) is 16.3. The van der Waals surface area contributed by atoms with E-state index in [1.807, 2.05) is 30.3 Å². The lowest BCUT2D eigenvalue weighted by molar-refractivity contribution is -0.121. The maximum absolute atomic E-state index is 12.7. The van der Waals surface area contributed by atoms with E-state index in [4.69, 9.17) is 0 Å². The van der Waals surface area contributed by atoms with Crippen LogP contribution < -0.4 is 21.3 Å². The highest BCUT2D eigenvalue weighted by atomic mass is 16.2. The Kier molecular flexibility index (Phi) is 6.67. The van der Waals surface area contributed by atoms with Crippen LogP contribution in [-0.4, -0.2) is 43.0 Å². The summed E-state index contributed by atoms with van der Waals surface area (Å²) in [6, 6.07) is 15.6. The van der Waals surface area contributed by atoms with Gasteiger partial charge in [0, 0.05) is 37.2 Å². The predicted octanol–water partition coefficient (Wildman–Crippen LogP) is 3.32. The standard InChI is InChI=1S/C21H25N5O3/c1-22-20(28)24-18-11-9-17(10-12-18)23-19(27)15-6-5-13-26(14-15)21(29)25-16-7-3-2-4-8-16/h2-4,7-12,15H,5-6,13-14H2,1H3,(H,23,27)(H,25,29)(H2,22,24,28)/t15-/m0/s1. The number of carbonyl (C=O) groups excluding carboxylic acids is 3. The Bertz CT molecular complexity index is 854. The second-order valence-electron chi connectivity index (χ2n) is 6.85. The van der Waals surface area contributed by atoms with Gasteiger partial charge in [-0.05, 0) is 49.2 Å². The fourth-order valence-electron chi connectivity index (χ4n) is 3.17. The number of hydrogen-bond donors (Lipinski definition) is 4. The second kappa shape index (κ2) is 9.59. The number of carbonyl (C=O) groups is 3. The van der Waals surface area contributed by atoms with Crippen LogP contribution in [0, 0.1) is 5.92 Å². The van der Waals surface area contributed by atoms with Gasteiger partial charge in [-0.25, -0.2) is 9.59 Å². The van der Waals surface area contributed by atoms with Gasteiger partial charge in [-0.3, -0.25) is 4.79 Å². The van der Waals surface area contributed by atoms with E-state index in [9.17, 15) is 14.4 Å². The van der Waals surface area contributed by atoms with Gasteiger partial charge < -0.3 is 26.2 Å². The van der Waals surface area contributed by atoms with Crippen molar-refractivity contribution in [3.05, 3.63) is 54.6 Å². The van der Waals surface area contributed by atoms with E-state index >= 15 is 0 Å². The van der Waals surface area contributed by atoms with Crippen LogP contribution in [0.15, 0.2) is 54.6 Å². The molecule has 0 unspecified atom stereocenters. The lowest BCUT2D eigenvalue weighted by atomic mass is 9.97. The highest BCUT2D eigenvalue weighted by molar-refractivity contribution is 5.95. The Balaban J connectivity index is 1.54. The summed E-state index contributed by atoms with van der Waals surface area (Å²) in [5.74, 6) is -0.386. The van der Waals surface area contributed by atoms with E-state index in [0.717, 1.165) is 18.5 Å². The van der Waals surface area contributed by atoms with Crippen LogP contribution in [0.4, 0.5) is 26.7 Å². The third kappa shape index (κ3) is 5.71. The lowest BCUT2D eigenvalue weighted by Crippen LogP contribution is -2.45. The molecule has 152 valence electrons. The number of nitrogens with one attached hydrogen (secondary N) is 4. The maximum atomic E-state index is 12.7. The number of hydrogen-bond acceptors (Lipinski definition) is 3. The van der Waals surface area contributed by atoms with E-state index in [2.05, 4.69) is 21.3 Å². The monoisotopic (exact) mass is 395 g/mol. The summed E-state index contributed by atoms with van der Waals surface area (Å²) >= 11 is 0. The van der Waals surface area contributed by atoms with Gasteiger partial charge in [-0.2, -0.15) is 0 Å². The van der Waals surface area contributed by atoms with Gasteiger partial charge in [0.2, 0.25) is 5.91 Å². The number of benzene rings is 2. The lowest BCUT2D eigenvalue weighted by Gasteiger charge is -2.32. The van der Waals surface area contributed by atoms with Crippen molar-refractivity contribution < 1.29 is 14.4 Å². The Hall–Kier alpha value is -3.55. The minimum atomic E-state index is -0.308. The molecule has 4 N–H and O–H groups in total. The number of piperidine rings is 1. The highest BCUT2D eigenvalue weighted by Gasteiger charge is 2.28. The Labute approximate surface area is 169 Å². The predicted molar refractivity (Wildman–Crippen MR) is 113 cm³/mol. The zero-order valence-corrected chi connectivity index (χ0v) is 16.3. The topological polar surface area (TPSA) is 103 Å². The van der Waals surface area contributed by atoms with E-state index in [-0.39, 0.29) is 23.9 Å². The molecule has 0 saturated carbocycles. The number of rotatable bonds is 4. The van der Waals surface area contributed by atoms with E-state index < -0.39 is 0 Å². The Morgan fingerprint density at radius 2 is 1.48 bits per heavy atom. The second-order valence-corrected chi connectivity index (χ2v) is 6.85. The van der Waals surface area contributed by atoms with Crippen molar-refractivity contribution in [1.82, 2.24) is 10.2 Å². The van der Waals surface area contributed by atoms with Crippen LogP contribution in [0.3, 0.4) is 0 Å². The molecule has 5 amide bonds. The zero-order chi connectivity index (χ0) is 20.6. The third-order valence-corrected chi connectivity index (χ3v) is 4.74. The van der Waals surface area contributed by atoms with Crippen molar-refractivity contribution in [2.45, 2.75) is 12.8 Å². The van der Waals surface area contributed by atoms with Crippen molar-refractivity contribution >= 4 is 35.0 Å². The molecule has 1 fully saturated rings. The van der Waals surface area contributed by atoms with Gasteiger partial charge in [0.25, 0.3) is 0 Å². The molecular formula is C21H25N5O3. The molecule has 8 nitrogen and oxygen atoms in total. The fraction of sp³-hybridized carbons (Fsp3) is 0.286. The maximum Gasteiger partial charge on any atom is 0.321 e. The van der Waals surface area contributed by atoms with E-state index in [0.29, 0.717) is 24.5 Å². The normalized spacial score (nSPS) is 15.9. The number of amides is 5. The molecule has 0 bridgehead atoms. The van der Waals surface area contributed by atoms with Crippen molar-refractivity contribution in [2.75, 3.05) is 36.1 Å². The Morgan fingerprint density at radius 1 is 0.862 bits per heavy atom. The first kappa shape index (κ1) is 20.2. The number of anilines is 3. The average Bonchev–Trinajstić information content (AvgIpc) is 2.75. The number of para-hydroxylation sites is 1. The molecule has 1 aliphatic rings. The molecule has 2 aromatic carbocycles. The number of nitrogens with zero attached hydrogens (tertiary/aromatic N) is 1. The van der Waals surface area contributed by atoms with Crippen molar-refractivity contribution in [1.29, 1.82) is 0 Å². The first-order valence-electron chi connectivity index (χ1n) is 9.56. The molecule has 0 radical (unpaired) electrons. The first-order valence-corrected chi connectivity index (χ1v) is 9.56. The van der Waals surface area contributed by atoms with Crippen LogP contribution in [0.5, 0.6) is 0 Å². The summed E-state index contributed by atoms with van der Waals surface area (Å²) < 4.78 is 0. The summed E-state index contributed by atoms with van der Waals surface area (Å²) in [7, 11) is 1.54. The molecule has 2 aromatic rings. The molecule has 1 atom stereocenters. The summed E-state index contributed by atoms with van der Waals surface area (Å²) in [4.78, 5) is 38.1. The van der Waals surface area contributed by atoms with Crippen LogP contribution in [0.1, 0.15) is 12.8 Å². The average molecular weight is 395 g/mol. The number of urea groups is 2. The summed E-state index contributed by atoms with van der Waals surface area (Å²) in [6.07, 6.45) is 1.51. The largest absolute Gasteiger partial charge is 0.341 e. The number of likely N-dealkylation sites (tertiary alicyclic amines) is 1. The van der Waals surface area contributed by atoms with Crippen molar-refractivity contribution in [3.8, 4) is 0 Å². The molecule has 3 rings (SSSR count). The molecule has 29 heavy (non-hydrogen) atoms. The molecule has 1 saturated heterocycles. The summed E-state index contributed by atoms with van der Waals surface area (Å²) in [6.45, 7) is 1.00. The van der Waals surface area contributed by atoms with Gasteiger partial charge in [-0.15, -0.1) is 0 Å². The van der Waals surface area contributed by atoms with Gasteiger partial charge in [0.05, 0.1) is 5.92 Å². The fourth-order valence-corrected chi connectivity index (χ4v) is 3.17. The highest BCUT2D eigenvalue weighted by Crippen LogP contribution is 2.21. The van der Waals surface area contributed by atoms with Crippen molar-refractivity contribution in [3.63, 3.8) is 0 Å². The molecule has 0 spiro atoms. The summed E-state index contributed by atoms with van der Waals surface area (Å²) in [5.41, 5.74) is 2.00. The first-order chi connectivity index (χ1) is 14.0. The molecule has 1 aliphatic heterocycles. The smallest absolute Gasteiger partial charge is 0.321 e. The van der Waals surface area contributed by atoms with Crippen LogP contribution >= 0.6 is 0 Å². The van der Waals surface area contributed by atoms with Crippen LogP contribution in [-0.2, 0) is 4.79 Å². The van der Waals surface area contributed by atoms with E-state index in [1.54, 1.807) is 29.2 Å². The molecule has 1 heterocycles. The molecule has 0 aliphatic carbocycles. The van der Waals surface area contributed by atoms with Crippen molar-refractivity contribution in [2.24, 2.45) is 5.92 Å². The van der Waals surface area contributed by atoms with Gasteiger partial charge in [0.1, 0.15) is 0 Å². The van der Waals surface area contributed by atoms with Gasteiger partial charge in [0.15, 0.2) is 0 Å². The van der Waals surface area contributed by atoms with Gasteiger partial charge in [-0.1, -0.05) is 18.2 Å². The minimum absolute atomic E-state index is 0.116. The van der Waals surface area contributed by atoms with Crippen LogP contribution in [0.25, 0.3) is 0 Å². The minimum Gasteiger partial charge on any atom is -0.341 e.